The molecule has 0 saturated carbocycles. The van der Waals surface area contributed by atoms with Crippen LogP contribution >= 0.6 is 0 Å². The fraction of sp³-hybridized carbons (Fsp3) is 0.300. The van der Waals surface area contributed by atoms with E-state index < -0.39 is 6.10 Å². The number of nitrogens with zero attached hydrogens (tertiary/aromatic N) is 3. The molecule has 2 aromatic rings. The molecule has 0 radical (unpaired) electrons. The molecule has 5 heteroatoms. The first-order chi connectivity index (χ1) is 7.31. The average molecular weight is 205 g/mol. The third-order valence-electron chi connectivity index (χ3n) is 2.05. The third kappa shape index (κ3) is 2.02. The maximum absolute atomic E-state index is 9.49. The van der Waals surface area contributed by atoms with E-state index >= 15 is 0 Å². The van der Waals surface area contributed by atoms with Crippen LogP contribution in [0.5, 0.6) is 0 Å². The van der Waals surface area contributed by atoms with Gasteiger partial charge in [-0.1, -0.05) is 12.1 Å². The van der Waals surface area contributed by atoms with Crippen molar-refractivity contribution >= 4 is 0 Å². The first-order valence-electron chi connectivity index (χ1n) is 4.73. The van der Waals surface area contributed by atoms with Crippen molar-refractivity contribution in [1.29, 1.82) is 0 Å². The van der Waals surface area contributed by atoms with E-state index in [0.29, 0.717) is 18.1 Å². The summed E-state index contributed by atoms with van der Waals surface area (Å²) >= 11 is 0. The van der Waals surface area contributed by atoms with Crippen LogP contribution in [0, 0.1) is 0 Å². The fourth-order valence-electron chi connectivity index (χ4n) is 1.16. The van der Waals surface area contributed by atoms with E-state index in [1.54, 1.807) is 24.5 Å². The summed E-state index contributed by atoms with van der Waals surface area (Å²) in [6, 6.07) is 3.55. The van der Waals surface area contributed by atoms with Gasteiger partial charge in [-0.2, -0.15) is 4.98 Å². The van der Waals surface area contributed by atoms with E-state index in [2.05, 4.69) is 15.1 Å². The summed E-state index contributed by atoms with van der Waals surface area (Å²) in [7, 11) is 0. The molecule has 1 atom stereocenters. The van der Waals surface area contributed by atoms with Crippen molar-refractivity contribution in [2.24, 2.45) is 0 Å². The van der Waals surface area contributed by atoms with Gasteiger partial charge in [0.15, 0.2) is 0 Å². The van der Waals surface area contributed by atoms with Crippen LogP contribution in [-0.4, -0.2) is 20.2 Å². The monoisotopic (exact) mass is 205 g/mol. The second kappa shape index (κ2) is 4.18. The lowest BCUT2D eigenvalue weighted by Gasteiger charge is -1.98. The molecule has 15 heavy (non-hydrogen) atoms. The molecule has 0 spiro atoms. The van der Waals surface area contributed by atoms with Gasteiger partial charge in [-0.15, -0.1) is 0 Å². The Morgan fingerprint density at radius 3 is 2.80 bits per heavy atom. The number of rotatable bonds is 3. The topological polar surface area (TPSA) is 72.0 Å². The summed E-state index contributed by atoms with van der Waals surface area (Å²) in [5.41, 5.74) is 0.798. The molecule has 0 bridgehead atoms. The van der Waals surface area contributed by atoms with Crippen LogP contribution < -0.4 is 0 Å². The van der Waals surface area contributed by atoms with Gasteiger partial charge in [-0.3, -0.25) is 4.98 Å². The second-order valence-corrected chi connectivity index (χ2v) is 3.12. The summed E-state index contributed by atoms with van der Waals surface area (Å²) in [5.74, 6) is 0.726. The van der Waals surface area contributed by atoms with Crippen molar-refractivity contribution in [3.8, 4) is 11.5 Å². The van der Waals surface area contributed by atoms with E-state index in [1.807, 2.05) is 6.92 Å². The molecule has 0 saturated heterocycles. The number of pyridine rings is 1. The lowest BCUT2D eigenvalue weighted by molar-refractivity contribution is 0.159. The van der Waals surface area contributed by atoms with Gasteiger partial charge in [0.05, 0.1) is 0 Å². The Balaban J connectivity index is 2.28. The van der Waals surface area contributed by atoms with E-state index in [-0.39, 0.29) is 0 Å². The van der Waals surface area contributed by atoms with Gasteiger partial charge in [-0.05, 0) is 18.6 Å². The molecular weight excluding hydrogens is 194 g/mol. The van der Waals surface area contributed by atoms with E-state index in [1.165, 1.54) is 0 Å². The highest BCUT2D eigenvalue weighted by atomic mass is 16.5. The van der Waals surface area contributed by atoms with Crippen molar-refractivity contribution in [2.75, 3.05) is 0 Å². The molecule has 2 rings (SSSR count). The van der Waals surface area contributed by atoms with Crippen LogP contribution in [0.4, 0.5) is 0 Å². The Hall–Kier alpha value is -1.75. The predicted molar refractivity (Wildman–Crippen MR) is 52.8 cm³/mol. The number of aliphatic hydroxyl groups is 1. The lowest BCUT2D eigenvalue weighted by Crippen LogP contribution is -1.97. The summed E-state index contributed by atoms with van der Waals surface area (Å²) in [4.78, 5) is 7.99. The van der Waals surface area contributed by atoms with Crippen molar-refractivity contribution in [2.45, 2.75) is 19.4 Å². The zero-order valence-corrected chi connectivity index (χ0v) is 8.29. The summed E-state index contributed by atoms with van der Waals surface area (Å²) in [6.07, 6.45) is 3.20. The van der Waals surface area contributed by atoms with Gasteiger partial charge in [0.1, 0.15) is 6.10 Å². The standard InChI is InChI=1S/C10H11N3O2/c1-2-8(14)9-12-10(15-13-9)7-3-5-11-6-4-7/h3-6,8,14H,2H2,1H3. The van der Waals surface area contributed by atoms with Gasteiger partial charge >= 0.3 is 0 Å². The summed E-state index contributed by atoms with van der Waals surface area (Å²) in [5, 5.41) is 13.2. The molecule has 2 aromatic heterocycles. The molecule has 0 aliphatic rings. The Morgan fingerprint density at radius 1 is 1.40 bits per heavy atom. The van der Waals surface area contributed by atoms with Gasteiger partial charge in [0.2, 0.25) is 5.82 Å². The van der Waals surface area contributed by atoms with Gasteiger partial charge in [0.25, 0.3) is 5.89 Å². The largest absolute Gasteiger partial charge is 0.385 e. The van der Waals surface area contributed by atoms with Crippen LogP contribution in [-0.2, 0) is 0 Å². The molecule has 0 aliphatic carbocycles. The Labute approximate surface area is 86.8 Å². The van der Waals surface area contributed by atoms with Crippen molar-refractivity contribution in [3.05, 3.63) is 30.4 Å². The molecule has 5 nitrogen and oxygen atoms in total. The van der Waals surface area contributed by atoms with Gasteiger partial charge in [-0.25, -0.2) is 0 Å². The van der Waals surface area contributed by atoms with Crippen LogP contribution in [0.2, 0.25) is 0 Å². The zero-order valence-electron chi connectivity index (χ0n) is 8.29. The molecule has 0 fully saturated rings. The molecule has 1 N–H and O–H groups in total. The van der Waals surface area contributed by atoms with Crippen LogP contribution in [0.15, 0.2) is 29.0 Å². The first kappa shape index (κ1) is 9.79. The maximum Gasteiger partial charge on any atom is 0.258 e. The highest BCUT2D eigenvalue weighted by Crippen LogP contribution is 2.19. The average Bonchev–Trinajstić information content (AvgIpc) is 2.78. The number of hydrogen-bond donors (Lipinski definition) is 1. The molecule has 1 unspecified atom stereocenters. The number of aliphatic hydroxyl groups excluding tert-OH is 1. The minimum Gasteiger partial charge on any atom is -0.385 e. The molecule has 0 amide bonds. The highest BCUT2D eigenvalue weighted by Gasteiger charge is 2.14. The SMILES string of the molecule is CCC(O)c1noc(-c2ccncc2)n1. The Kier molecular flexibility index (Phi) is 2.73. The zero-order chi connectivity index (χ0) is 10.7. The molecule has 0 aromatic carbocycles. The number of hydrogen-bond acceptors (Lipinski definition) is 5. The minimum absolute atomic E-state index is 0.323. The first-order valence-corrected chi connectivity index (χ1v) is 4.73. The van der Waals surface area contributed by atoms with Crippen molar-refractivity contribution in [1.82, 2.24) is 15.1 Å². The summed E-state index contributed by atoms with van der Waals surface area (Å²) in [6.45, 7) is 1.85. The van der Waals surface area contributed by atoms with Gasteiger partial charge < -0.3 is 9.63 Å². The highest BCUT2D eigenvalue weighted by molar-refractivity contribution is 5.50. The predicted octanol–water partition coefficient (Wildman–Crippen LogP) is 1.57. The second-order valence-electron chi connectivity index (χ2n) is 3.12. The Bertz CT molecular complexity index is 427. The number of aromatic nitrogens is 3. The minimum atomic E-state index is -0.663. The quantitative estimate of drug-likeness (QED) is 0.823. The summed E-state index contributed by atoms with van der Waals surface area (Å²) < 4.78 is 5.02. The van der Waals surface area contributed by atoms with E-state index in [0.717, 1.165) is 5.56 Å². The smallest absolute Gasteiger partial charge is 0.258 e. The normalized spacial score (nSPS) is 12.7. The lowest BCUT2D eigenvalue weighted by atomic mass is 10.2. The van der Waals surface area contributed by atoms with Crippen LogP contribution in [0.1, 0.15) is 25.3 Å². The Morgan fingerprint density at radius 2 is 2.13 bits per heavy atom. The van der Waals surface area contributed by atoms with E-state index in [4.69, 9.17) is 4.52 Å². The van der Waals surface area contributed by atoms with E-state index in [9.17, 15) is 5.11 Å². The van der Waals surface area contributed by atoms with Crippen LogP contribution in [0.25, 0.3) is 11.5 Å². The van der Waals surface area contributed by atoms with Gasteiger partial charge in [0, 0.05) is 18.0 Å². The molecule has 78 valence electrons. The van der Waals surface area contributed by atoms with Crippen LogP contribution in [0.3, 0.4) is 0 Å². The molecule has 0 aliphatic heterocycles. The third-order valence-corrected chi connectivity index (χ3v) is 2.05. The maximum atomic E-state index is 9.49. The van der Waals surface area contributed by atoms with Crippen molar-refractivity contribution in [3.63, 3.8) is 0 Å². The van der Waals surface area contributed by atoms with Crippen molar-refractivity contribution < 1.29 is 9.63 Å². The fourth-order valence-corrected chi connectivity index (χ4v) is 1.16. The molecule has 2 heterocycles. The molecular formula is C10H11N3O2.